The monoisotopic (exact) mass is 346 g/mol. The first-order chi connectivity index (χ1) is 12.0. The zero-order chi connectivity index (χ0) is 18.4. The molecule has 1 amide bonds. The molecule has 0 radical (unpaired) electrons. The maximum absolute atomic E-state index is 12.3. The Morgan fingerprint density at radius 3 is 2.60 bits per heavy atom. The van der Waals surface area contributed by atoms with Gasteiger partial charge in [0.1, 0.15) is 0 Å². The van der Waals surface area contributed by atoms with E-state index in [0.29, 0.717) is 5.95 Å². The molecule has 138 valence electrons. The third-order valence-corrected chi connectivity index (χ3v) is 4.60. The number of aliphatic hydroxyl groups is 1. The number of aliphatic hydroxyl groups excluding tert-OH is 1. The van der Waals surface area contributed by atoms with Crippen molar-refractivity contribution in [2.24, 2.45) is 5.92 Å². The number of nitrogens with one attached hydrogen (secondary N) is 1. The molecular formula is C19H30N4O2. The topological polar surface area (TPSA) is 70.4 Å². The summed E-state index contributed by atoms with van der Waals surface area (Å²) in [6.07, 6.45) is -0.565. The molecular weight excluding hydrogens is 316 g/mol. The zero-order valence-corrected chi connectivity index (χ0v) is 15.7. The Balaban J connectivity index is 2.20. The van der Waals surface area contributed by atoms with Crippen molar-refractivity contribution in [2.75, 3.05) is 25.0 Å². The highest BCUT2D eigenvalue weighted by atomic mass is 16.3. The molecule has 1 aromatic carbocycles. The number of aromatic nitrogens is 2. The van der Waals surface area contributed by atoms with Gasteiger partial charge in [-0.2, -0.15) is 0 Å². The molecule has 2 aromatic rings. The van der Waals surface area contributed by atoms with Gasteiger partial charge in [0.25, 0.3) is 0 Å². The smallest absolute Gasteiger partial charge is 0.229 e. The van der Waals surface area contributed by atoms with Crippen molar-refractivity contribution in [3.05, 3.63) is 24.3 Å². The molecule has 0 aliphatic rings. The molecule has 6 nitrogen and oxygen atoms in total. The molecule has 0 fully saturated rings. The van der Waals surface area contributed by atoms with Gasteiger partial charge in [-0.3, -0.25) is 10.1 Å². The molecule has 1 atom stereocenters. The second-order valence-corrected chi connectivity index (χ2v) is 6.67. The van der Waals surface area contributed by atoms with Gasteiger partial charge in [0, 0.05) is 13.1 Å². The van der Waals surface area contributed by atoms with Crippen LogP contribution in [-0.4, -0.2) is 51.2 Å². The quantitative estimate of drug-likeness (QED) is 0.732. The summed E-state index contributed by atoms with van der Waals surface area (Å²) >= 11 is 0. The van der Waals surface area contributed by atoms with E-state index in [4.69, 9.17) is 0 Å². The molecule has 0 spiro atoms. The molecule has 1 aromatic heterocycles. The van der Waals surface area contributed by atoms with Crippen LogP contribution in [0.15, 0.2) is 24.3 Å². The van der Waals surface area contributed by atoms with Crippen molar-refractivity contribution in [1.82, 2.24) is 14.5 Å². The minimum absolute atomic E-state index is 0.0484. The standard InChI is InChI=1S/C19H30N4O2/c1-5-22(6-2)11-12-23-16-10-8-7-9-15(16)20-19(23)21-18(25)13-17(24)14(3)4/h7-10,14,17,24H,5-6,11-13H2,1-4H3,(H,20,21,25). The van der Waals surface area contributed by atoms with E-state index in [0.717, 1.165) is 37.2 Å². The Labute approximate surface area is 149 Å². The lowest BCUT2D eigenvalue weighted by Crippen LogP contribution is -2.28. The van der Waals surface area contributed by atoms with E-state index in [2.05, 4.69) is 29.0 Å². The van der Waals surface area contributed by atoms with Crippen LogP contribution in [0, 0.1) is 5.92 Å². The fraction of sp³-hybridized carbons (Fsp3) is 0.579. The van der Waals surface area contributed by atoms with E-state index >= 15 is 0 Å². The molecule has 0 aliphatic heterocycles. The van der Waals surface area contributed by atoms with E-state index in [1.807, 2.05) is 42.7 Å². The van der Waals surface area contributed by atoms with Crippen molar-refractivity contribution in [2.45, 2.75) is 46.8 Å². The minimum atomic E-state index is -0.645. The summed E-state index contributed by atoms with van der Waals surface area (Å²) in [5.41, 5.74) is 1.87. The molecule has 0 saturated carbocycles. The highest BCUT2D eigenvalue weighted by Crippen LogP contribution is 2.20. The normalized spacial score (nSPS) is 12.9. The van der Waals surface area contributed by atoms with Crippen LogP contribution in [0.4, 0.5) is 5.95 Å². The van der Waals surface area contributed by atoms with Crippen LogP contribution < -0.4 is 5.32 Å². The van der Waals surface area contributed by atoms with Gasteiger partial charge in [-0.1, -0.05) is 39.8 Å². The number of likely N-dealkylation sites (N-methyl/N-ethyl adjacent to an activating group) is 1. The fourth-order valence-electron chi connectivity index (χ4n) is 2.78. The molecule has 1 unspecified atom stereocenters. The lowest BCUT2D eigenvalue weighted by molar-refractivity contribution is -0.118. The minimum Gasteiger partial charge on any atom is -0.392 e. The molecule has 25 heavy (non-hydrogen) atoms. The van der Waals surface area contributed by atoms with Crippen molar-refractivity contribution < 1.29 is 9.90 Å². The van der Waals surface area contributed by atoms with Gasteiger partial charge in [0.05, 0.1) is 23.6 Å². The van der Waals surface area contributed by atoms with Crippen LogP contribution in [0.3, 0.4) is 0 Å². The zero-order valence-electron chi connectivity index (χ0n) is 15.7. The Kier molecular flexibility index (Phi) is 6.96. The molecule has 0 saturated heterocycles. The fourth-order valence-corrected chi connectivity index (χ4v) is 2.78. The van der Waals surface area contributed by atoms with Gasteiger partial charge in [-0.15, -0.1) is 0 Å². The van der Waals surface area contributed by atoms with Gasteiger partial charge in [-0.25, -0.2) is 4.98 Å². The number of benzene rings is 1. The molecule has 2 rings (SSSR count). The van der Waals surface area contributed by atoms with Crippen LogP contribution in [0.5, 0.6) is 0 Å². The van der Waals surface area contributed by atoms with E-state index in [-0.39, 0.29) is 18.2 Å². The number of nitrogens with zero attached hydrogens (tertiary/aromatic N) is 3. The highest BCUT2D eigenvalue weighted by molar-refractivity contribution is 5.91. The number of amides is 1. The molecule has 1 heterocycles. The number of imidazole rings is 1. The Morgan fingerprint density at radius 1 is 1.28 bits per heavy atom. The largest absolute Gasteiger partial charge is 0.392 e. The van der Waals surface area contributed by atoms with Gasteiger partial charge in [0.15, 0.2) is 0 Å². The third-order valence-electron chi connectivity index (χ3n) is 4.60. The second kappa shape index (κ2) is 8.97. The van der Waals surface area contributed by atoms with Crippen molar-refractivity contribution in [1.29, 1.82) is 0 Å². The van der Waals surface area contributed by atoms with Crippen LogP contribution in [0.1, 0.15) is 34.1 Å². The number of fused-ring (bicyclic) bond motifs is 1. The van der Waals surface area contributed by atoms with Gasteiger partial charge >= 0.3 is 0 Å². The van der Waals surface area contributed by atoms with E-state index in [1.165, 1.54) is 0 Å². The second-order valence-electron chi connectivity index (χ2n) is 6.67. The molecule has 0 bridgehead atoms. The summed E-state index contributed by atoms with van der Waals surface area (Å²) in [6, 6.07) is 7.88. The van der Waals surface area contributed by atoms with Crippen molar-refractivity contribution in [3.63, 3.8) is 0 Å². The van der Waals surface area contributed by atoms with Crippen LogP contribution >= 0.6 is 0 Å². The molecule has 0 aliphatic carbocycles. The third kappa shape index (κ3) is 5.03. The van der Waals surface area contributed by atoms with Gasteiger partial charge < -0.3 is 14.6 Å². The number of carbonyl (C=O) groups is 1. The number of para-hydroxylation sites is 2. The van der Waals surface area contributed by atoms with Crippen molar-refractivity contribution in [3.8, 4) is 0 Å². The Hall–Kier alpha value is -1.92. The number of carbonyl (C=O) groups excluding carboxylic acids is 1. The first-order valence-electron chi connectivity index (χ1n) is 9.11. The first kappa shape index (κ1) is 19.4. The van der Waals surface area contributed by atoms with E-state index in [9.17, 15) is 9.90 Å². The maximum Gasteiger partial charge on any atom is 0.229 e. The van der Waals surface area contributed by atoms with Crippen LogP contribution in [-0.2, 0) is 11.3 Å². The summed E-state index contributed by atoms with van der Waals surface area (Å²) < 4.78 is 2.05. The molecule has 2 N–H and O–H groups in total. The predicted molar refractivity (Wildman–Crippen MR) is 102 cm³/mol. The molecule has 6 heteroatoms. The average Bonchev–Trinajstić information content (AvgIpc) is 2.92. The van der Waals surface area contributed by atoms with Gasteiger partial charge in [-0.05, 0) is 31.1 Å². The number of hydrogen-bond donors (Lipinski definition) is 2. The predicted octanol–water partition coefficient (Wildman–Crippen LogP) is 2.72. The van der Waals surface area contributed by atoms with Gasteiger partial charge in [0.2, 0.25) is 11.9 Å². The summed E-state index contributed by atoms with van der Waals surface area (Å²) in [5, 5.41) is 12.8. The Morgan fingerprint density at radius 2 is 1.96 bits per heavy atom. The first-order valence-corrected chi connectivity index (χ1v) is 9.11. The number of anilines is 1. The van der Waals surface area contributed by atoms with E-state index in [1.54, 1.807) is 0 Å². The Bertz CT molecular complexity index is 692. The highest BCUT2D eigenvalue weighted by Gasteiger charge is 2.18. The average molecular weight is 346 g/mol. The van der Waals surface area contributed by atoms with Crippen molar-refractivity contribution >= 4 is 22.9 Å². The summed E-state index contributed by atoms with van der Waals surface area (Å²) in [7, 11) is 0. The summed E-state index contributed by atoms with van der Waals surface area (Å²) in [6.45, 7) is 11.7. The summed E-state index contributed by atoms with van der Waals surface area (Å²) in [5.74, 6) is 0.391. The summed E-state index contributed by atoms with van der Waals surface area (Å²) in [4.78, 5) is 19.2. The SMILES string of the molecule is CCN(CC)CCn1c(NC(=O)CC(O)C(C)C)nc2ccccc21. The number of hydrogen-bond acceptors (Lipinski definition) is 4. The van der Waals surface area contributed by atoms with Crippen LogP contribution in [0.2, 0.25) is 0 Å². The maximum atomic E-state index is 12.3. The lowest BCUT2D eigenvalue weighted by atomic mass is 10.0. The van der Waals surface area contributed by atoms with E-state index < -0.39 is 6.10 Å². The lowest BCUT2D eigenvalue weighted by Gasteiger charge is -2.19. The van der Waals surface area contributed by atoms with Crippen LogP contribution in [0.25, 0.3) is 11.0 Å². The number of rotatable bonds is 9.